The van der Waals surface area contributed by atoms with Crippen molar-refractivity contribution in [3.8, 4) is 0 Å². The largest absolute Gasteiger partial charge is 0.376 e. The number of hydrogen-bond acceptors (Lipinski definition) is 2. The van der Waals surface area contributed by atoms with Crippen LogP contribution in [0.2, 0.25) is 0 Å². The van der Waals surface area contributed by atoms with E-state index < -0.39 is 0 Å². The lowest BCUT2D eigenvalue weighted by Crippen LogP contribution is -2.39. The van der Waals surface area contributed by atoms with Gasteiger partial charge in [-0.15, -0.1) is 0 Å². The molecule has 0 aromatic carbocycles. The summed E-state index contributed by atoms with van der Waals surface area (Å²) in [7, 11) is 2.10. The fraction of sp³-hybridized carbons (Fsp3) is 1.00. The van der Waals surface area contributed by atoms with Gasteiger partial charge in [0.2, 0.25) is 0 Å². The van der Waals surface area contributed by atoms with E-state index in [1.54, 1.807) is 0 Å². The van der Waals surface area contributed by atoms with Crippen molar-refractivity contribution < 1.29 is 4.74 Å². The van der Waals surface area contributed by atoms with Crippen LogP contribution in [0.15, 0.2) is 0 Å². The van der Waals surface area contributed by atoms with Gasteiger partial charge >= 0.3 is 0 Å². The fourth-order valence-electron chi connectivity index (χ4n) is 3.90. The lowest BCUT2D eigenvalue weighted by molar-refractivity contribution is -0.0267. The summed E-state index contributed by atoms with van der Waals surface area (Å²) in [5, 5.41) is 3.49. The van der Waals surface area contributed by atoms with Gasteiger partial charge in [0.15, 0.2) is 0 Å². The van der Waals surface area contributed by atoms with Crippen molar-refractivity contribution in [2.45, 2.75) is 76.9 Å². The Kier molecular flexibility index (Phi) is 5.97. The van der Waals surface area contributed by atoms with E-state index in [0.717, 1.165) is 18.4 Å². The van der Waals surface area contributed by atoms with Crippen LogP contribution in [0.1, 0.15) is 64.7 Å². The Labute approximate surface area is 113 Å². The predicted octanol–water partition coefficient (Wildman–Crippen LogP) is 3.75. The molecule has 0 aromatic heterocycles. The summed E-state index contributed by atoms with van der Waals surface area (Å²) >= 11 is 0. The number of likely N-dealkylation sites (N-methyl/N-ethyl adjacent to an activating group) is 1. The number of rotatable bonds is 6. The molecule has 0 radical (unpaired) electrons. The molecule has 1 N–H and O–H groups in total. The third-order valence-electron chi connectivity index (χ3n) is 5.19. The summed E-state index contributed by atoms with van der Waals surface area (Å²) in [4.78, 5) is 0. The van der Waals surface area contributed by atoms with Gasteiger partial charge in [-0.2, -0.15) is 0 Å². The summed E-state index contributed by atoms with van der Waals surface area (Å²) in [5.74, 6) is 1.68. The van der Waals surface area contributed by atoms with E-state index in [4.69, 9.17) is 4.74 Å². The van der Waals surface area contributed by atoms with Gasteiger partial charge in [-0.05, 0) is 44.6 Å². The highest BCUT2D eigenvalue weighted by Gasteiger charge is 2.28. The van der Waals surface area contributed by atoms with Crippen LogP contribution in [0.5, 0.6) is 0 Å². The van der Waals surface area contributed by atoms with Gasteiger partial charge in [0, 0.05) is 6.04 Å². The molecule has 3 unspecified atom stereocenters. The molecule has 2 saturated carbocycles. The molecule has 0 spiro atoms. The number of hydrogen-bond donors (Lipinski definition) is 1. The highest BCUT2D eigenvalue weighted by atomic mass is 16.5. The molecule has 2 aliphatic rings. The first-order valence-corrected chi connectivity index (χ1v) is 8.14. The molecular weight excluding hydrogens is 222 g/mol. The molecule has 0 bridgehead atoms. The Morgan fingerprint density at radius 1 is 1.06 bits per heavy atom. The monoisotopic (exact) mass is 253 g/mol. The fourth-order valence-corrected chi connectivity index (χ4v) is 3.90. The minimum absolute atomic E-state index is 0.543. The SMILES string of the molecule is CCC1CCCCC1OCC(NC)C1CCCC1. The highest BCUT2D eigenvalue weighted by molar-refractivity contribution is 4.81. The van der Waals surface area contributed by atoms with Crippen molar-refractivity contribution in [3.63, 3.8) is 0 Å². The first-order valence-electron chi connectivity index (χ1n) is 8.14. The molecule has 0 saturated heterocycles. The summed E-state index contributed by atoms with van der Waals surface area (Å²) in [5.41, 5.74) is 0. The van der Waals surface area contributed by atoms with Crippen molar-refractivity contribution in [3.05, 3.63) is 0 Å². The average molecular weight is 253 g/mol. The summed E-state index contributed by atoms with van der Waals surface area (Å²) in [6.07, 6.45) is 12.9. The van der Waals surface area contributed by atoms with Crippen molar-refractivity contribution in [1.29, 1.82) is 0 Å². The zero-order valence-electron chi connectivity index (χ0n) is 12.3. The standard InChI is InChI=1S/C16H31NO/c1-3-13-8-6-7-11-16(13)18-12-15(17-2)14-9-4-5-10-14/h13-17H,3-12H2,1-2H3. The molecule has 0 heterocycles. The van der Waals surface area contributed by atoms with Crippen LogP contribution in [-0.4, -0.2) is 25.8 Å². The Morgan fingerprint density at radius 3 is 2.39 bits per heavy atom. The van der Waals surface area contributed by atoms with Crippen molar-refractivity contribution in [2.24, 2.45) is 11.8 Å². The zero-order chi connectivity index (χ0) is 12.8. The maximum absolute atomic E-state index is 6.29. The lowest BCUT2D eigenvalue weighted by atomic mass is 9.84. The third-order valence-corrected chi connectivity index (χ3v) is 5.19. The van der Waals surface area contributed by atoms with E-state index in [1.807, 2.05) is 0 Å². The molecule has 2 heteroatoms. The highest BCUT2D eigenvalue weighted by Crippen LogP contribution is 2.31. The van der Waals surface area contributed by atoms with Gasteiger partial charge in [-0.25, -0.2) is 0 Å². The van der Waals surface area contributed by atoms with E-state index in [2.05, 4.69) is 19.3 Å². The van der Waals surface area contributed by atoms with Crippen molar-refractivity contribution in [1.82, 2.24) is 5.32 Å². The average Bonchev–Trinajstić information content (AvgIpc) is 2.94. The van der Waals surface area contributed by atoms with Gasteiger partial charge in [-0.3, -0.25) is 0 Å². The maximum Gasteiger partial charge on any atom is 0.0626 e. The first kappa shape index (κ1) is 14.3. The van der Waals surface area contributed by atoms with Crippen LogP contribution in [0.3, 0.4) is 0 Å². The Morgan fingerprint density at radius 2 is 1.72 bits per heavy atom. The van der Waals surface area contributed by atoms with Crippen LogP contribution in [0, 0.1) is 11.8 Å². The topological polar surface area (TPSA) is 21.3 Å². The van der Waals surface area contributed by atoms with Crippen LogP contribution in [0.25, 0.3) is 0 Å². The number of nitrogens with one attached hydrogen (secondary N) is 1. The summed E-state index contributed by atoms with van der Waals surface area (Å²) in [6, 6.07) is 0.590. The quantitative estimate of drug-likeness (QED) is 0.778. The van der Waals surface area contributed by atoms with Gasteiger partial charge in [-0.1, -0.05) is 39.0 Å². The van der Waals surface area contributed by atoms with Gasteiger partial charge < -0.3 is 10.1 Å². The smallest absolute Gasteiger partial charge is 0.0626 e. The van der Waals surface area contributed by atoms with Gasteiger partial charge in [0.05, 0.1) is 12.7 Å². The summed E-state index contributed by atoms with van der Waals surface area (Å²) < 4.78 is 6.29. The lowest BCUT2D eigenvalue weighted by Gasteiger charge is -2.33. The Bertz CT molecular complexity index is 221. The molecule has 18 heavy (non-hydrogen) atoms. The zero-order valence-corrected chi connectivity index (χ0v) is 12.3. The third kappa shape index (κ3) is 3.71. The first-order chi connectivity index (χ1) is 8.85. The van der Waals surface area contributed by atoms with Gasteiger partial charge in [0.25, 0.3) is 0 Å². The Hall–Kier alpha value is -0.0800. The second-order valence-corrected chi connectivity index (χ2v) is 6.26. The minimum Gasteiger partial charge on any atom is -0.376 e. The van der Waals surface area contributed by atoms with Gasteiger partial charge in [0.1, 0.15) is 0 Å². The molecule has 2 nitrogen and oxygen atoms in total. The van der Waals surface area contributed by atoms with Crippen LogP contribution in [-0.2, 0) is 4.74 Å². The molecule has 106 valence electrons. The van der Waals surface area contributed by atoms with E-state index in [9.17, 15) is 0 Å². The maximum atomic E-state index is 6.29. The van der Waals surface area contributed by atoms with E-state index >= 15 is 0 Å². The van der Waals surface area contributed by atoms with Crippen molar-refractivity contribution >= 4 is 0 Å². The van der Waals surface area contributed by atoms with Crippen LogP contribution >= 0.6 is 0 Å². The second kappa shape index (κ2) is 7.49. The number of ether oxygens (including phenoxy) is 1. The molecule has 2 rings (SSSR count). The molecule has 0 aromatic rings. The normalized spacial score (nSPS) is 31.7. The Balaban J connectivity index is 1.77. The van der Waals surface area contributed by atoms with Crippen molar-refractivity contribution in [2.75, 3.05) is 13.7 Å². The molecule has 3 atom stereocenters. The molecule has 0 aliphatic heterocycles. The van der Waals surface area contributed by atoms with Crippen LogP contribution < -0.4 is 5.32 Å². The van der Waals surface area contributed by atoms with E-state index in [-0.39, 0.29) is 0 Å². The molecule has 2 fully saturated rings. The minimum atomic E-state index is 0.543. The molecule has 0 amide bonds. The van der Waals surface area contributed by atoms with E-state index in [1.165, 1.54) is 57.8 Å². The predicted molar refractivity (Wildman–Crippen MR) is 76.8 cm³/mol. The molecular formula is C16H31NO. The van der Waals surface area contributed by atoms with E-state index in [0.29, 0.717) is 12.1 Å². The van der Waals surface area contributed by atoms with Crippen LogP contribution in [0.4, 0.5) is 0 Å². The molecule has 2 aliphatic carbocycles. The second-order valence-electron chi connectivity index (χ2n) is 6.26. The summed E-state index contributed by atoms with van der Waals surface area (Å²) in [6.45, 7) is 3.25.